The molecule has 0 atom stereocenters. The number of nitrogens with one attached hydrogen (secondary N) is 3. The smallest absolute Gasteiger partial charge is 0.318 e. The number of amides is 3. The Labute approximate surface area is 138 Å². The zero-order chi connectivity index (χ0) is 16.5. The van der Waals surface area contributed by atoms with Crippen LogP contribution in [0.1, 0.15) is 51.4 Å². The van der Waals surface area contributed by atoms with Crippen LogP contribution in [-0.4, -0.2) is 19.0 Å². The van der Waals surface area contributed by atoms with Gasteiger partial charge in [0, 0.05) is 24.8 Å². The van der Waals surface area contributed by atoms with Crippen LogP contribution in [0.3, 0.4) is 0 Å². The second-order valence-electron chi connectivity index (χ2n) is 6.23. The molecule has 0 aliphatic heterocycles. The van der Waals surface area contributed by atoms with Crippen LogP contribution >= 0.6 is 0 Å². The van der Waals surface area contributed by atoms with Gasteiger partial charge in [0.1, 0.15) is 0 Å². The van der Waals surface area contributed by atoms with Crippen LogP contribution in [0.25, 0.3) is 0 Å². The molecule has 3 N–H and O–H groups in total. The predicted octanol–water partition coefficient (Wildman–Crippen LogP) is 4.13. The van der Waals surface area contributed by atoms with Crippen LogP contribution in [0.5, 0.6) is 0 Å². The van der Waals surface area contributed by atoms with Gasteiger partial charge in [-0.15, -0.1) is 0 Å². The minimum absolute atomic E-state index is 0.0397. The molecule has 1 saturated carbocycles. The number of carbonyl (C=O) groups excluding carboxylic acids is 2. The first-order chi connectivity index (χ1) is 11.2. The van der Waals surface area contributed by atoms with Gasteiger partial charge in [-0.1, -0.05) is 38.2 Å². The molecular formula is C18H27N3O2. The van der Waals surface area contributed by atoms with E-state index in [0.717, 1.165) is 18.8 Å². The molecule has 5 nitrogen and oxygen atoms in total. The fraction of sp³-hybridized carbons (Fsp3) is 0.556. The highest BCUT2D eigenvalue weighted by Crippen LogP contribution is 2.27. The summed E-state index contributed by atoms with van der Waals surface area (Å²) in [4.78, 5) is 23.3. The first-order valence-corrected chi connectivity index (χ1v) is 8.56. The quantitative estimate of drug-likeness (QED) is 0.738. The third-order valence-corrected chi connectivity index (χ3v) is 4.37. The molecule has 1 aromatic carbocycles. The maximum Gasteiger partial charge on any atom is 0.318 e. The predicted molar refractivity (Wildman–Crippen MR) is 93.6 cm³/mol. The minimum Gasteiger partial charge on any atom is -0.341 e. The summed E-state index contributed by atoms with van der Waals surface area (Å²) >= 11 is 0. The van der Waals surface area contributed by atoms with Crippen LogP contribution < -0.4 is 16.0 Å². The van der Waals surface area contributed by atoms with E-state index in [-0.39, 0.29) is 11.9 Å². The topological polar surface area (TPSA) is 70.2 Å². The molecule has 1 fully saturated rings. The second kappa shape index (κ2) is 9.18. The molecule has 0 bridgehead atoms. The molecule has 0 spiro atoms. The van der Waals surface area contributed by atoms with E-state index in [1.807, 2.05) is 12.1 Å². The Bertz CT molecular complexity index is 525. The fourth-order valence-electron chi connectivity index (χ4n) is 3.12. The summed E-state index contributed by atoms with van der Waals surface area (Å²) in [5, 5.41) is 8.09. The summed E-state index contributed by atoms with van der Waals surface area (Å²) in [6, 6.07) is 6.90. The molecule has 0 radical (unpaired) electrons. The Morgan fingerprint density at radius 2 is 1.78 bits per heavy atom. The van der Waals surface area contributed by atoms with Gasteiger partial charge in [0.2, 0.25) is 5.91 Å². The number of urea groups is 1. The summed E-state index contributed by atoms with van der Waals surface area (Å²) in [7, 11) is 1.56. The molecule has 23 heavy (non-hydrogen) atoms. The SMILES string of the molecule is CNC(=O)Nc1cccc(NC(=O)CCCC2CCCCC2)c1. The standard InChI is InChI=1S/C18H27N3O2/c1-19-18(23)21-16-11-6-10-15(13-16)20-17(22)12-5-9-14-7-3-2-4-8-14/h6,10-11,13-14H,2-5,7-9,12H2,1H3,(H,20,22)(H2,19,21,23). The van der Waals surface area contributed by atoms with Gasteiger partial charge in [0.15, 0.2) is 0 Å². The number of anilines is 2. The third-order valence-electron chi connectivity index (χ3n) is 4.37. The average molecular weight is 317 g/mol. The molecule has 5 heteroatoms. The van der Waals surface area contributed by atoms with Gasteiger partial charge < -0.3 is 16.0 Å². The second-order valence-corrected chi connectivity index (χ2v) is 6.23. The van der Waals surface area contributed by atoms with Gasteiger partial charge in [-0.3, -0.25) is 4.79 Å². The average Bonchev–Trinajstić information content (AvgIpc) is 2.56. The maximum atomic E-state index is 12.0. The lowest BCUT2D eigenvalue weighted by molar-refractivity contribution is -0.116. The minimum atomic E-state index is -0.277. The van der Waals surface area contributed by atoms with Crippen LogP contribution in [0.15, 0.2) is 24.3 Å². The van der Waals surface area contributed by atoms with Crippen molar-refractivity contribution in [3.63, 3.8) is 0 Å². The Morgan fingerprint density at radius 1 is 1.09 bits per heavy atom. The molecule has 0 heterocycles. The zero-order valence-electron chi connectivity index (χ0n) is 13.9. The van der Waals surface area contributed by atoms with Crippen molar-refractivity contribution < 1.29 is 9.59 Å². The van der Waals surface area contributed by atoms with Gasteiger partial charge in [-0.2, -0.15) is 0 Å². The number of hydrogen-bond acceptors (Lipinski definition) is 2. The lowest BCUT2D eigenvalue weighted by Crippen LogP contribution is -2.24. The van der Waals surface area contributed by atoms with Crippen molar-refractivity contribution >= 4 is 23.3 Å². The summed E-state index contributed by atoms with van der Waals surface area (Å²) in [5.41, 5.74) is 1.37. The third kappa shape index (κ3) is 6.30. The summed E-state index contributed by atoms with van der Waals surface area (Å²) in [5.74, 6) is 0.856. The van der Waals surface area contributed by atoms with Crippen molar-refractivity contribution in [2.75, 3.05) is 17.7 Å². The molecule has 0 aromatic heterocycles. The van der Waals surface area contributed by atoms with Crippen molar-refractivity contribution in [2.24, 2.45) is 5.92 Å². The maximum absolute atomic E-state index is 12.0. The monoisotopic (exact) mass is 317 g/mol. The van der Waals surface area contributed by atoms with Crippen LogP contribution in [0, 0.1) is 5.92 Å². The van der Waals surface area contributed by atoms with Crippen molar-refractivity contribution in [3.05, 3.63) is 24.3 Å². The van der Waals surface area contributed by atoms with Gasteiger partial charge in [0.25, 0.3) is 0 Å². The molecule has 1 aliphatic carbocycles. The summed E-state index contributed by atoms with van der Waals surface area (Å²) in [6.07, 6.45) is 9.40. The lowest BCUT2D eigenvalue weighted by atomic mass is 9.86. The van der Waals surface area contributed by atoms with Crippen LogP contribution in [0.4, 0.5) is 16.2 Å². The Hall–Kier alpha value is -2.04. The van der Waals surface area contributed by atoms with E-state index in [4.69, 9.17) is 0 Å². The first-order valence-electron chi connectivity index (χ1n) is 8.56. The molecule has 0 saturated heterocycles. The van der Waals surface area contributed by atoms with Crippen molar-refractivity contribution in [3.8, 4) is 0 Å². The van der Waals surface area contributed by atoms with E-state index in [0.29, 0.717) is 17.8 Å². The van der Waals surface area contributed by atoms with Crippen molar-refractivity contribution in [1.82, 2.24) is 5.32 Å². The van der Waals surface area contributed by atoms with Crippen molar-refractivity contribution in [1.29, 1.82) is 0 Å². The van der Waals surface area contributed by atoms with Gasteiger partial charge >= 0.3 is 6.03 Å². The summed E-state index contributed by atoms with van der Waals surface area (Å²) < 4.78 is 0. The van der Waals surface area contributed by atoms with E-state index in [9.17, 15) is 9.59 Å². The van der Waals surface area contributed by atoms with E-state index >= 15 is 0 Å². The molecule has 0 unspecified atom stereocenters. The zero-order valence-corrected chi connectivity index (χ0v) is 13.9. The summed E-state index contributed by atoms with van der Waals surface area (Å²) in [6.45, 7) is 0. The largest absolute Gasteiger partial charge is 0.341 e. The molecule has 126 valence electrons. The highest BCUT2D eigenvalue weighted by Gasteiger charge is 2.13. The number of hydrogen-bond donors (Lipinski definition) is 3. The number of rotatable bonds is 6. The van der Waals surface area contributed by atoms with Gasteiger partial charge in [0.05, 0.1) is 0 Å². The first kappa shape index (κ1) is 17.3. The Morgan fingerprint density at radius 3 is 2.48 bits per heavy atom. The van der Waals surface area contributed by atoms with E-state index in [1.54, 1.807) is 19.2 Å². The van der Waals surface area contributed by atoms with Gasteiger partial charge in [-0.25, -0.2) is 4.79 Å². The van der Waals surface area contributed by atoms with Crippen molar-refractivity contribution in [2.45, 2.75) is 51.4 Å². The van der Waals surface area contributed by atoms with E-state index < -0.39 is 0 Å². The molecule has 1 aliphatic rings. The highest BCUT2D eigenvalue weighted by atomic mass is 16.2. The fourth-order valence-corrected chi connectivity index (χ4v) is 3.12. The molecule has 3 amide bonds. The number of benzene rings is 1. The molecule has 2 rings (SSSR count). The molecular weight excluding hydrogens is 290 g/mol. The van der Waals surface area contributed by atoms with Gasteiger partial charge in [-0.05, 0) is 37.0 Å². The normalized spacial score (nSPS) is 15.0. The highest BCUT2D eigenvalue weighted by molar-refractivity contribution is 5.93. The molecule has 1 aromatic rings. The van der Waals surface area contributed by atoms with E-state index in [2.05, 4.69) is 16.0 Å². The Balaban J connectivity index is 1.73. The lowest BCUT2D eigenvalue weighted by Gasteiger charge is -2.21. The van der Waals surface area contributed by atoms with Crippen LogP contribution in [-0.2, 0) is 4.79 Å². The number of carbonyl (C=O) groups is 2. The Kier molecular flexibility index (Phi) is 6.91. The van der Waals surface area contributed by atoms with E-state index in [1.165, 1.54) is 32.1 Å². The van der Waals surface area contributed by atoms with Crippen LogP contribution in [0.2, 0.25) is 0 Å².